The smallest absolute Gasteiger partial charge is 0.268 e. The zero-order chi connectivity index (χ0) is 56.4. The molecule has 0 spiro atoms. The highest BCUT2D eigenvalue weighted by Gasteiger charge is 2.41. The van der Waals surface area contributed by atoms with Crippen molar-refractivity contribution < 1.29 is 27.8 Å². The molecular formula is C67H67ClN6O6S. The zero-order valence-electron chi connectivity index (χ0n) is 46.0. The van der Waals surface area contributed by atoms with Gasteiger partial charge in [0.25, 0.3) is 15.9 Å². The molecule has 12 nitrogen and oxygen atoms in total. The van der Waals surface area contributed by atoms with Crippen molar-refractivity contribution in [1.29, 1.82) is 5.26 Å². The van der Waals surface area contributed by atoms with Crippen LogP contribution in [0, 0.1) is 22.7 Å². The van der Waals surface area contributed by atoms with Crippen LogP contribution in [0.5, 0.6) is 17.2 Å². The number of nitriles is 1. The van der Waals surface area contributed by atoms with Crippen molar-refractivity contribution in [3.8, 4) is 23.3 Å². The number of rotatable bonds is 16. The summed E-state index contributed by atoms with van der Waals surface area (Å²) in [4.78, 5) is 19.2. The highest BCUT2D eigenvalue weighted by atomic mass is 35.5. The van der Waals surface area contributed by atoms with Crippen LogP contribution in [0.15, 0.2) is 187 Å². The fourth-order valence-electron chi connectivity index (χ4n) is 12.1. The molecule has 1 amide bonds. The average Bonchev–Trinajstić information content (AvgIpc) is 3.85. The van der Waals surface area contributed by atoms with Gasteiger partial charge in [-0.2, -0.15) is 10.4 Å². The number of nitrogens with one attached hydrogen (secondary N) is 1. The number of aliphatic hydroxyl groups is 1. The Bertz CT molecular complexity index is 3650. The third-order valence-corrected chi connectivity index (χ3v) is 18.3. The number of nitrogens with zero attached hydrogens (tertiary/aromatic N) is 5. The maximum Gasteiger partial charge on any atom is 0.268 e. The summed E-state index contributed by atoms with van der Waals surface area (Å²) in [6, 6.07) is 56.2. The van der Waals surface area contributed by atoms with Gasteiger partial charge in [-0.15, -0.1) is 0 Å². The van der Waals surface area contributed by atoms with Crippen molar-refractivity contribution in [2.45, 2.75) is 81.8 Å². The number of piperazine rings is 1. The normalized spacial score (nSPS) is 18.8. The number of hydrogen-bond donors (Lipinski definition) is 2. The van der Waals surface area contributed by atoms with Gasteiger partial charge in [-0.3, -0.25) is 9.69 Å². The molecule has 2 aliphatic carbocycles. The summed E-state index contributed by atoms with van der Waals surface area (Å²) >= 11 is 6.33. The van der Waals surface area contributed by atoms with Crippen LogP contribution in [0.25, 0.3) is 16.5 Å². The van der Waals surface area contributed by atoms with Crippen molar-refractivity contribution in [1.82, 2.24) is 19.4 Å². The number of sulfonamides is 1. The molecule has 1 aromatic heterocycles. The summed E-state index contributed by atoms with van der Waals surface area (Å²) in [5.41, 5.74) is 7.25. The van der Waals surface area contributed by atoms with E-state index < -0.39 is 27.1 Å². The Kier molecular flexibility index (Phi) is 15.7. The number of carbonyl (C=O) groups is 1. The second kappa shape index (κ2) is 23.0. The number of anilines is 1. The van der Waals surface area contributed by atoms with Crippen molar-refractivity contribution >= 4 is 49.7 Å². The largest absolute Gasteiger partial charge is 0.492 e. The van der Waals surface area contributed by atoms with Crippen LogP contribution >= 0.6 is 11.6 Å². The first-order valence-electron chi connectivity index (χ1n) is 28.0. The van der Waals surface area contributed by atoms with Gasteiger partial charge in [-0.25, -0.2) is 17.8 Å². The number of hydrogen-bond acceptors (Lipinski definition) is 10. The summed E-state index contributed by atoms with van der Waals surface area (Å²) < 4.78 is 45.7. The number of ether oxygens (including phenoxy) is 2. The summed E-state index contributed by atoms with van der Waals surface area (Å²) in [7, 11) is -4.53. The Hall–Kier alpha value is -7.73. The Morgan fingerprint density at radius 3 is 2.04 bits per heavy atom. The molecule has 1 saturated heterocycles. The van der Waals surface area contributed by atoms with Gasteiger partial charge in [0.2, 0.25) is 0 Å². The fourth-order valence-corrected chi connectivity index (χ4v) is 13.2. The van der Waals surface area contributed by atoms with E-state index in [4.69, 9.17) is 26.2 Å². The lowest BCUT2D eigenvalue weighted by atomic mass is 9.72. The molecule has 1 saturated carbocycles. The minimum Gasteiger partial charge on any atom is -0.492 e. The lowest BCUT2D eigenvalue weighted by molar-refractivity contribution is 0.00150. The van der Waals surface area contributed by atoms with Gasteiger partial charge in [-0.05, 0) is 146 Å². The minimum atomic E-state index is -4.53. The Balaban J connectivity index is 0.917. The number of fused-ring (bicyclic) bond motifs is 1. The third-order valence-electron chi connectivity index (χ3n) is 16.7. The number of aromatic nitrogens is 2. The standard InChI is InChI=1S/C67H67ClN6O6S/c1-65(2)33-32-49(58(42-65)48-22-24-54(68)25-23-48)45-72-36-38-73(39-37-72)55-26-28-57(64(75)71-81(77,78)56-27-29-61(50(40-56)43-69)79-46-47-30-34-66(3,76)35-31-47)63(41-55)80-62-21-13-20-60-59(62)44-70-74(60)67(51-14-7-4-8-15-51,52-16-9-5-10-17-52)53-18-11-6-12-19-53/h4-29,40-41,44,47,76H,30-39,42,45-46H2,1-3H3,(H,71,75)/t47-,66+. The number of benzene rings is 7. The van der Waals surface area contributed by atoms with E-state index in [1.807, 2.05) is 109 Å². The van der Waals surface area contributed by atoms with Gasteiger partial charge in [0.15, 0.2) is 0 Å². The van der Waals surface area contributed by atoms with Gasteiger partial charge < -0.3 is 19.5 Å². The lowest BCUT2D eigenvalue weighted by Gasteiger charge is -2.39. The minimum absolute atomic E-state index is 0.00799. The van der Waals surface area contributed by atoms with E-state index in [1.54, 1.807) is 12.3 Å². The van der Waals surface area contributed by atoms with Gasteiger partial charge in [0.05, 0.1) is 45.3 Å². The molecule has 2 N–H and O–H groups in total. The molecule has 2 heterocycles. The van der Waals surface area contributed by atoms with E-state index in [-0.39, 0.29) is 38.9 Å². The molecule has 0 unspecified atom stereocenters. The third kappa shape index (κ3) is 11.8. The molecule has 7 aromatic carbocycles. The molecule has 414 valence electrons. The van der Waals surface area contributed by atoms with Gasteiger partial charge >= 0.3 is 0 Å². The molecule has 2 fully saturated rings. The lowest BCUT2D eigenvalue weighted by Crippen LogP contribution is -2.47. The molecule has 1 aliphatic heterocycles. The van der Waals surface area contributed by atoms with Gasteiger partial charge in [-0.1, -0.05) is 140 Å². The predicted molar refractivity (Wildman–Crippen MR) is 319 cm³/mol. The molecule has 81 heavy (non-hydrogen) atoms. The topological polar surface area (TPSA) is 150 Å². The van der Waals surface area contributed by atoms with E-state index in [2.05, 4.69) is 83.0 Å². The Labute approximate surface area is 480 Å². The first kappa shape index (κ1) is 55.2. The van der Waals surface area contributed by atoms with E-state index >= 15 is 0 Å². The Morgan fingerprint density at radius 2 is 1.41 bits per heavy atom. The number of carbonyl (C=O) groups excluding carboxylic acids is 1. The van der Waals surface area contributed by atoms with Crippen molar-refractivity contribution in [3.05, 3.63) is 220 Å². The Morgan fingerprint density at radius 1 is 0.765 bits per heavy atom. The molecule has 8 aromatic rings. The zero-order valence-corrected chi connectivity index (χ0v) is 47.6. The van der Waals surface area contributed by atoms with Crippen LogP contribution < -0.4 is 19.1 Å². The maximum absolute atomic E-state index is 14.6. The van der Waals surface area contributed by atoms with Crippen LogP contribution in [0.1, 0.15) is 104 Å². The fraction of sp³-hybridized carbons (Fsp3) is 0.299. The van der Waals surface area contributed by atoms with Crippen LogP contribution in [-0.4, -0.2) is 79.0 Å². The molecule has 11 rings (SSSR count). The molecule has 3 aliphatic rings. The van der Waals surface area contributed by atoms with Crippen LogP contribution in [0.4, 0.5) is 5.69 Å². The number of amides is 1. The maximum atomic E-state index is 14.6. The summed E-state index contributed by atoms with van der Waals surface area (Å²) in [5.74, 6) is 0.0861. The van der Waals surface area contributed by atoms with E-state index in [1.165, 1.54) is 34.9 Å². The highest BCUT2D eigenvalue weighted by molar-refractivity contribution is 7.90. The number of allylic oxidation sites excluding steroid dienone is 1. The van der Waals surface area contributed by atoms with Gasteiger partial charge in [0.1, 0.15) is 28.9 Å². The number of halogens is 1. The van der Waals surface area contributed by atoms with Crippen LogP contribution in [-0.2, 0) is 15.6 Å². The summed E-state index contributed by atoms with van der Waals surface area (Å²) in [5, 5.41) is 27.2. The van der Waals surface area contributed by atoms with Crippen LogP contribution in [0.2, 0.25) is 5.02 Å². The van der Waals surface area contributed by atoms with Crippen molar-refractivity contribution in [2.24, 2.45) is 11.3 Å². The molecule has 0 atom stereocenters. The summed E-state index contributed by atoms with van der Waals surface area (Å²) in [6.07, 6.45) is 7.80. The van der Waals surface area contributed by atoms with Crippen molar-refractivity contribution in [3.63, 3.8) is 0 Å². The second-order valence-corrected chi connectivity index (χ2v) is 25.1. The van der Waals surface area contributed by atoms with E-state index in [0.717, 1.165) is 84.7 Å². The van der Waals surface area contributed by atoms with Gasteiger partial charge in [0, 0.05) is 49.5 Å². The van der Waals surface area contributed by atoms with Crippen molar-refractivity contribution in [2.75, 3.05) is 44.2 Å². The highest BCUT2D eigenvalue weighted by Crippen LogP contribution is 2.46. The van der Waals surface area contributed by atoms with Crippen LogP contribution in [0.3, 0.4) is 0 Å². The first-order chi connectivity index (χ1) is 39.1. The molecular weight excluding hydrogens is 1050 g/mol. The monoisotopic (exact) mass is 1120 g/mol. The average molecular weight is 1120 g/mol. The van der Waals surface area contributed by atoms with E-state index in [0.29, 0.717) is 43.7 Å². The first-order valence-corrected chi connectivity index (χ1v) is 29.8. The SMILES string of the molecule is CC1(C)CCC(CN2CCN(c3ccc(C(=O)NS(=O)(=O)c4ccc(OC[C@H]5CC[C@@](C)(O)CC5)c(C#N)c4)c(Oc4cccc5c4cnn5C(c4ccccc4)(c4ccccc4)c4ccccc4)c3)CC2)=C(c2ccc(Cl)cc2)C1. The summed E-state index contributed by atoms with van der Waals surface area (Å²) in [6.45, 7) is 10.8. The second-order valence-electron chi connectivity index (χ2n) is 23.0. The van der Waals surface area contributed by atoms with E-state index in [9.17, 15) is 23.6 Å². The quantitative estimate of drug-likeness (QED) is 0.0895. The molecule has 0 bridgehead atoms. The molecule has 0 radical (unpaired) electrons. The molecule has 14 heteroatoms. The predicted octanol–water partition coefficient (Wildman–Crippen LogP) is 13.4.